The van der Waals surface area contributed by atoms with Crippen molar-refractivity contribution in [1.82, 2.24) is 9.78 Å². The molecule has 0 N–H and O–H groups in total. The Kier molecular flexibility index (Phi) is 3.11. The molecule has 1 atom stereocenters. The van der Waals surface area contributed by atoms with Crippen LogP contribution in [0.25, 0.3) is 11.1 Å². The molecule has 1 saturated heterocycles. The maximum Gasteiger partial charge on any atom is 0.152 e. The number of rotatable bonds is 2. The van der Waals surface area contributed by atoms with Crippen molar-refractivity contribution < 1.29 is 8.42 Å². The quantitative estimate of drug-likeness (QED) is 0.856. The zero-order valence-corrected chi connectivity index (χ0v) is 11.7. The lowest BCUT2D eigenvalue weighted by Crippen LogP contribution is -2.11. The minimum absolute atomic E-state index is 0.0436. The number of nitrogens with zero attached hydrogens (tertiary/aromatic N) is 2. The topological polar surface area (TPSA) is 52.0 Å². The van der Waals surface area contributed by atoms with E-state index in [0.29, 0.717) is 11.4 Å². The molecule has 0 saturated carbocycles. The van der Waals surface area contributed by atoms with E-state index < -0.39 is 9.84 Å². The normalized spacial score (nSPS) is 21.6. The van der Waals surface area contributed by atoms with Crippen molar-refractivity contribution in [1.29, 1.82) is 0 Å². The van der Waals surface area contributed by atoms with E-state index >= 15 is 0 Å². The van der Waals surface area contributed by atoms with E-state index in [0.717, 1.165) is 11.1 Å². The van der Waals surface area contributed by atoms with Gasteiger partial charge in [-0.2, -0.15) is 5.10 Å². The number of sulfone groups is 1. The highest BCUT2D eigenvalue weighted by molar-refractivity contribution is 7.91. The molecule has 0 bridgehead atoms. The smallest absolute Gasteiger partial charge is 0.152 e. The predicted octanol–water partition coefficient (Wildman–Crippen LogP) is 2.56. The van der Waals surface area contributed by atoms with Crippen molar-refractivity contribution in [2.24, 2.45) is 0 Å². The zero-order chi connectivity index (χ0) is 13.5. The number of hydrogen-bond acceptors (Lipinski definition) is 3. The summed E-state index contributed by atoms with van der Waals surface area (Å²) < 4.78 is 24.7. The van der Waals surface area contributed by atoms with Gasteiger partial charge in [-0.05, 0) is 24.1 Å². The fourth-order valence-electron chi connectivity index (χ4n) is 2.34. The molecule has 0 aliphatic carbocycles. The van der Waals surface area contributed by atoms with Gasteiger partial charge in [-0.15, -0.1) is 0 Å². The van der Waals surface area contributed by atoms with Gasteiger partial charge >= 0.3 is 0 Å². The van der Waals surface area contributed by atoms with Crippen LogP contribution in [0, 0.1) is 0 Å². The maximum atomic E-state index is 11.5. The van der Waals surface area contributed by atoms with E-state index in [1.807, 2.05) is 30.5 Å². The van der Waals surface area contributed by atoms with E-state index in [-0.39, 0.29) is 17.5 Å². The molecular formula is C13H13ClN2O2S. The molecule has 3 rings (SSSR count). The summed E-state index contributed by atoms with van der Waals surface area (Å²) in [5.74, 6) is 0.438. The maximum absolute atomic E-state index is 11.5. The summed E-state index contributed by atoms with van der Waals surface area (Å²) >= 11 is 5.96. The predicted molar refractivity (Wildman–Crippen MR) is 75.0 cm³/mol. The van der Waals surface area contributed by atoms with Crippen LogP contribution >= 0.6 is 11.6 Å². The SMILES string of the molecule is O=S1(=O)CCC(n2cc(-c3cccc(Cl)c3)cn2)C1. The average molecular weight is 297 g/mol. The molecule has 1 aromatic carbocycles. The third kappa shape index (κ3) is 2.67. The molecule has 1 unspecified atom stereocenters. The van der Waals surface area contributed by atoms with Gasteiger partial charge in [0.05, 0.1) is 23.7 Å². The molecule has 1 aliphatic rings. The van der Waals surface area contributed by atoms with Gasteiger partial charge in [-0.1, -0.05) is 23.7 Å². The van der Waals surface area contributed by atoms with Crippen molar-refractivity contribution in [3.63, 3.8) is 0 Å². The van der Waals surface area contributed by atoms with Gasteiger partial charge in [-0.3, -0.25) is 4.68 Å². The third-order valence-corrected chi connectivity index (χ3v) is 5.33. The van der Waals surface area contributed by atoms with Crippen LogP contribution in [0.1, 0.15) is 12.5 Å². The highest BCUT2D eigenvalue weighted by Gasteiger charge is 2.29. The molecule has 0 spiro atoms. The first-order chi connectivity index (χ1) is 9.03. The monoisotopic (exact) mass is 296 g/mol. The highest BCUT2D eigenvalue weighted by atomic mass is 35.5. The van der Waals surface area contributed by atoms with Gasteiger partial charge in [-0.25, -0.2) is 8.42 Å². The summed E-state index contributed by atoms with van der Waals surface area (Å²) in [5, 5.41) is 4.95. The van der Waals surface area contributed by atoms with Crippen LogP contribution in [-0.2, 0) is 9.84 Å². The first kappa shape index (κ1) is 12.7. The molecule has 1 fully saturated rings. The van der Waals surface area contributed by atoms with Crippen molar-refractivity contribution in [2.75, 3.05) is 11.5 Å². The van der Waals surface area contributed by atoms with Crippen LogP contribution in [0.3, 0.4) is 0 Å². The van der Waals surface area contributed by atoms with Gasteiger partial charge in [0.1, 0.15) is 0 Å². The average Bonchev–Trinajstić information content (AvgIpc) is 2.95. The molecule has 4 nitrogen and oxygen atoms in total. The molecule has 100 valence electrons. The number of halogens is 1. The highest BCUT2D eigenvalue weighted by Crippen LogP contribution is 2.27. The molecule has 0 radical (unpaired) electrons. The van der Waals surface area contributed by atoms with Crippen LogP contribution in [0.15, 0.2) is 36.7 Å². The summed E-state index contributed by atoms with van der Waals surface area (Å²) in [7, 11) is -2.89. The first-order valence-corrected chi connectivity index (χ1v) is 8.24. The summed E-state index contributed by atoms with van der Waals surface area (Å²) in [6.07, 6.45) is 4.27. The van der Waals surface area contributed by atoms with Gasteiger partial charge in [0.15, 0.2) is 9.84 Å². The Balaban J connectivity index is 1.88. The third-order valence-electron chi connectivity index (χ3n) is 3.34. The molecule has 2 aromatic rings. The Hall–Kier alpha value is -1.33. The molecule has 6 heteroatoms. The Bertz CT molecular complexity index is 709. The van der Waals surface area contributed by atoms with Crippen LogP contribution in [0.5, 0.6) is 0 Å². The fourth-order valence-corrected chi connectivity index (χ4v) is 4.23. The Labute approximate surface area is 116 Å². The lowest BCUT2D eigenvalue weighted by atomic mass is 10.1. The number of hydrogen-bond donors (Lipinski definition) is 0. The van der Waals surface area contributed by atoms with Crippen LogP contribution < -0.4 is 0 Å². The molecule has 0 amide bonds. The van der Waals surface area contributed by atoms with Crippen molar-refractivity contribution in [2.45, 2.75) is 12.5 Å². The van der Waals surface area contributed by atoms with Crippen LogP contribution in [0.2, 0.25) is 5.02 Å². The number of benzene rings is 1. The van der Waals surface area contributed by atoms with Gasteiger partial charge < -0.3 is 0 Å². The Morgan fingerprint density at radius 2 is 2.16 bits per heavy atom. The first-order valence-electron chi connectivity index (χ1n) is 6.04. The zero-order valence-electron chi connectivity index (χ0n) is 10.2. The molecular weight excluding hydrogens is 284 g/mol. The largest absolute Gasteiger partial charge is 0.268 e. The van der Waals surface area contributed by atoms with Crippen molar-refractivity contribution >= 4 is 21.4 Å². The molecule has 1 aliphatic heterocycles. The van der Waals surface area contributed by atoms with E-state index in [4.69, 9.17) is 11.6 Å². The van der Waals surface area contributed by atoms with Gasteiger partial charge in [0.25, 0.3) is 0 Å². The van der Waals surface area contributed by atoms with E-state index in [9.17, 15) is 8.42 Å². The summed E-state index contributed by atoms with van der Waals surface area (Å²) in [6.45, 7) is 0. The minimum atomic E-state index is -2.89. The fraction of sp³-hybridized carbons (Fsp3) is 0.308. The van der Waals surface area contributed by atoms with Crippen molar-refractivity contribution in [3.05, 3.63) is 41.7 Å². The minimum Gasteiger partial charge on any atom is -0.268 e. The van der Waals surface area contributed by atoms with E-state index in [2.05, 4.69) is 5.10 Å². The molecule has 2 heterocycles. The lowest BCUT2D eigenvalue weighted by molar-refractivity contribution is 0.500. The lowest BCUT2D eigenvalue weighted by Gasteiger charge is -2.07. The second kappa shape index (κ2) is 4.65. The van der Waals surface area contributed by atoms with E-state index in [1.165, 1.54) is 0 Å². The standard InChI is InChI=1S/C13H13ClN2O2S/c14-12-3-1-2-10(6-12)11-7-15-16(8-11)13-4-5-19(17,18)9-13/h1-3,6-8,13H,4-5,9H2. The van der Waals surface area contributed by atoms with Crippen LogP contribution in [0.4, 0.5) is 0 Å². The number of aromatic nitrogens is 2. The Morgan fingerprint density at radius 3 is 2.84 bits per heavy atom. The van der Waals surface area contributed by atoms with Crippen LogP contribution in [-0.4, -0.2) is 29.7 Å². The van der Waals surface area contributed by atoms with Gasteiger partial charge in [0.2, 0.25) is 0 Å². The molecule has 1 aromatic heterocycles. The second-order valence-corrected chi connectivity index (χ2v) is 7.44. The summed E-state index contributed by atoms with van der Waals surface area (Å²) in [6, 6.07) is 7.49. The second-order valence-electron chi connectivity index (χ2n) is 4.78. The molecule has 19 heavy (non-hydrogen) atoms. The van der Waals surface area contributed by atoms with E-state index in [1.54, 1.807) is 10.9 Å². The van der Waals surface area contributed by atoms with Gasteiger partial charge in [0, 0.05) is 16.8 Å². The Morgan fingerprint density at radius 1 is 1.32 bits per heavy atom. The summed E-state index contributed by atoms with van der Waals surface area (Å²) in [5.41, 5.74) is 1.94. The van der Waals surface area contributed by atoms with Crippen molar-refractivity contribution in [3.8, 4) is 11.1 Å². The summed E-state index contributed by atoms with van der Waals surface area (Å²) in [4.78, 5) is 0.